The Kier molecular flexibility index (Phi) is 7.06. The minimum absolute atomic E-state index is 0.0318. The monoisotopic (exact) mass is 540 g/mol. The molecule has 0 fully saturated rings. The fourth-order valence-electron chi connectivity index (χ4n) is 3.29. The van der Waals surface area contributed by atoms with Crippen LogP contribution in [0.4, 0.5) is 28.9 Å². The molecule has 0 aliphatic heterocycles. The lowest BCUT2D eigenvalue weighted by Crippen LogP contribution is -2.42. The maximum absolute atomic E-state index is 14.2. The van der Waals surface area contributed by atoms with Gasteiger partial charge in [0.2, 0.25) is 0 Å². The van der Waals surface area contributed by atoms with Gasteiger partial charge in [0.05, 0.1) is 40.3 Å². The largest absolute Gasteiger partial charge is 0.408 e. The highest BCUT2D eigenvalue weighted by Crippen LogP contribution is 2.26. The van der Waals surface area contributed by atoms with Crippen LogP contribution in [0, 0.1) is 0 Å². The molecule has 4 aromatic rings. The maximum atomic E-state index is 14.2. The number of halogens is 5. The molecule has 1 amide bonds. The number of anilines is 2. The van der Waals surface area contributed by atoms with Crippen molar-refractivity contribution < 1.29 is 27.5 Å². The van der Waals surface area contributed by atoms with Crippen molar-refractivity contribution >= 4 is 40.0 Å². The third-order valence-electron chi connectivity index (χ3n) is 5.20. The highest BCUT2D eigenvalue weighted by Gasteiger charge is 2.29. The van der Waals surface area contributed by atoms with Gasteiger partial charge in [0, 0.05) is 24.7 Å². The van der Waals surface area contributed by atoms with Gasteiger partial charge in [-0.25, -0.2) is 19.3 Å². The Balaban J connectivity index is 1.68. The van der Waals surface area contributed by atoms with E-state index in [9.17, 15) is 27.5 Å². The predicted octanol–water partition coefficient (Wildman–Crippen LogP) is 3.81. The predicted molar refractivity (Wildman–Crippen MR) is 127 cm³/mol. The Morgan fingerprint density at radius 3 is 2.62 bits per heavy atom. The fourth-order valence-corrected chi connectivity index (χ4v) is 3.44. The molecule has 15 heteroatoms. The van der Waals surface area contributed by atoms with Crippen molar-refractivity contribution in [2.24, 2.45) is 0 Å². The second-order valence-corrected chi connectivity index (χ2v) is 9.13. The van der Waals surface area contributed by atoms with Crippen LogP contribution in [0.5, 0.6) is 0 Å². The number of imidazole rings is 1. The Labute approximate surface area is 212 Å². The first-order chi connectivity index (χ1) is 17.3. The summed E-state index contributed by atoms with van der Waals surface area (Å²) in [6.07, 6.45) is 0.140. The molecule has 10 nitrogen and oxygen atoms in total. The summed E-state index contributed by atoms with van der Waals surface area (Å²) in [4.78, 5) is 25.6. The molecule has 0 aromatic carbocycles. The highest BCUT2D eigenvalue weighted by molar-refractivity contribution is 6.31. The van der Waals surface area contributed by atoms with E-state index in [1.165, 1.54) is 43.2 Å². The Hall–Kier alpha value is -3.78. The lowest BCUT2D eigenvalue weighted by Gasteiger charge is -2.22. The van der Waals surface area contributed by atoms with Crippen molar-refractivity contribution in [2.75, 3.05) is 11.9 Å². The molecule has 0 radical (unpaired) electrons. The number of hydrogen-bond donors (Lipinski definition) is 3. The molecule has 1 atom stereocenters. The lowest BCUT2D eigenvalue weighted by atomic mass is 10.0. The quantitative estimate of drug-likeness (QED) is 0.290. The van der Waals surface area contributed by atoms with Gasteiger partial charge in [-0.15, -0.1) is 0 Å². The minimum Gasteiger partial charge on any atom is -0.387 e. The molecule has 3 N–H and O–H groups in total. The minimum atomic E-state index is -4.47. The molecule has 196 valence electrons. The second kappa shape index (κ2) is 9.94. The summed E-state index contributed by atoms with van der Waals surface area (Å²) in [5.74, 6) is -0.449. The van der Waals surface area contributed by atoms with E-state index in [-0.39, 0.29) is 22.8 Å². The van der Waals surface area contributed by atoms with E-state index in [4.69, 9.17) is 11.6 Å². The van der Waals surface area contributed by atoms with E-state index in [1.54, 1.807) is 6.07 Å². The Bertz CT molecular complexity index is 1430. The molecule has 4 heterocycles. The first-order valence-corrected chi connectivity index (χ1v) is 11.2. The first-order valence-electron chi connectivity index (χ1n) is 10.8. The number of alkyl halides is 4. The Morgan fingerprint density at radius 2 is 1.92 bits per heavy atom. The van der Waals surface area contributed by atoms with Gasteiger partial charge in [0.15, 0.2) is 5.65 Å². The average molecular weight is 541 g/mol. The molecule has 1 unspecified atom stereocenters. The SMILES string of the molecule is CC(C)(O)C(F)CNC(=O)c1cnc(-n2cnc3cc(Cl)cnc32)cc1Nc1cnn(CC(F)(F)F)c1. The normalized spacial score (nSPS) is 13.1. The topological polar surface area (TPSA) is 123 Å². The van der Waals surface area contributed by atoms with Gasteiger partial charge in [-0.3, -0.25) is 14.0 Å². The molecule has 0 saturated heterocycles. The highest BCUT2D eigenvalue weighted by atomic mass is 35.5. The van der Waals surface area contributed by atoms with Crippen molar-refractivity contribution in [3.8, 4) is 5.82 Å². The van der Waals surface area contributed by atoms with E-state index in [2.05, 4.69) is 30.7 Å². The number of hydrogen-bond acceptors (Lipinski definition) is 7. The van der Waals surface area contributed by atoms with Crippen molar-refractivity contribution in [3.63, 3.8) is 0 Å². The number of nitrogens with zero attached hydrogens (tertiary/aromatic N) is 6. The van der Waals surface area contributed by atoms with Crippen molar-refractivity contribution in [1.29, 1.82) is 0 Å². The second-order valence-electron chi connectivity index (χ2n) is 8.70. The van der Waals surface area contributed by atoms with Crippen LogP contribution < -0.4 is 10.6 Å². The average Bonchev–Trinajstić information content (AvgIpc) is 3.41. The van der Waals surface area contributed by atoms with E-state index >= 15 is 0 Å². The number of fused-ring (bicyclic) bond motifs is 1. The number of carbonyl (C=O) groups is 1. The third kappa shape index (κ3) is 6.32. The number of carbonyl (C=O) groups excluding carboxylic acids is 1. The van der Waals surface area contributed by atoms with Gasteiger partial charge in [0.1, 0.15) is 30.4 Å². The summed E-state index contributed by atoms with van der Waals surface area (Å²) in [7, 11) is 0. The number of pyridine rings is 2. The van der Waals surface area contributed by atoms with Crippen LogP contribution in [0.2, 0.25) is 5.02 Å². The number of aromatic nitrogens is 6. The van der Waals surface area contributed by atoms with Crippen molar-refractivity contribution in [1.82, 2.24) is 34.6 Å². The standard InChI is InChI=1S/C22H21ClF4N8O2/c1-21(2,37)17(24)8-30-20(36)14-7-28-18(35-11-31-16-3-12(23)5-29-19(16)35)4-15(14)33-13-6-32-34(9-13)10-22(25,26)27/h3-7,9,11,17,37H,8,10H2,1-2H3,(H,28,33)(H,30,36). The van der Waals surface area contributed by atoms with Crippen LogP contribution in [0.25, 0.3) is 17.0 Å². The molecular formula is C22H21ClF4N8O2. The fraction of sp³-hybridized carbons (Fsp3) is 0.318. The molecule has 0 aliphatic rings. The number of rotatable bonds is 8. The molecule has 0 bridgehead atoms. The lowest BCUT2D eigenvalue weighted by molar-refractivity contribution is -0.142. The molecule has 4 aromatic heterocycles. The summed E-state index contributed by atoms with van der Waals surface area (Å²) < 4.78 is 54.6. The zero-order valence-electron chi connectivity index (χ0n) is 19.5. The molecule has 0 aliphatic carbocycles. The van der Waals surface area contributed by atoms with Crippen molar-refractivity contribution in [2.45, 2.75) is 38.3 Å². The smallest absolute Gasteiger partial charge is 0.387 e. The zero-order valence-corrected chi connectivity index (χ0v) is 20.2. The number of amides is 1. The van der Waals surface area contributed by atoms with Gasteiger partial charge in [-0.05, 0) is 19.9 Å². The first kappa shape index (κ1) is 26.3. The van der Waals surface area contributed by atoms with Crippen LogP contribution >= 0.6 is 11.6 Å². The van der Waals surface area contributed by atoms with Crippen LogP contribution in [-0.4, -0.2) is 64.8 Å². The molecule has 0 saturated carbocycles. The third-order valence-corrected chi connectivity index (χ3v) is 5.40. The summed E-state index contributed by atoms with van der Waals surface area (Å²) >= 11 is 5.96. The van der Waals surface area contributed by atoms with E-state index in [1.807, 2.05) is 0 Å². The molecule has 0 spiro atoms. The summed E-state index contributed by atoms with van der Waals surface area (Å²) in [5.41, 5.74) is -0.500. The zero-order chi connectivity index (χ0) is 27.0. The molecule has 4 rings (SSSR count). The molecule has 37 heavy (non-hydrogen) atoms. The van der Waals surface area contributed by atoms with E-state index in [0.29, 0.717) is 20.9 Å². The van der Waals surface area contributed by atoms with Gasteiger partial charge < -0.3 is 15.7 Å². The van der Waals surface area contributed by atoms with Crippen LogP contribution in [0.15, 0.2) is 43.2 Å². The van der Waals surface area contributed by atoms with Gasteiger partial charge in [-0.1, -0.05) is 11.6 Å². The Morgan fingerprint density at radius 1 is 1.16 bits per heavy atom. The van der Waals surface area contributed by atoms with Gasteiger partial charge in [-0.2, -0.15) is 18.3 Å². The van der Waals surface area contributed by atoms with Gasteiger partial charge in [0.25, 0.3) is 5.91 Å². The summed E-state index contributed by atoms with van der Waals surface area (Å²) in [5, 5.41) is 19.1. The van der Waals surface area contributed by atoms with Gasteiger partial charge >= 0.3 is 6.18 Å². The van der Waals surface area contributed by atoms with Crippen LogP contribution in [0.1, 0.15) is 24.2 Å². The summed E-state index contributed by atoms with van der Waals surface area (Å²) in [6.45, 7) is 0.752. The summed E-state index contributed by atoms with van der Waals surface area (Å²) in [6, 6.07) is 3.06. The van der Waals surface area contributed by atoms with Crippen molar-refractivity contribution in [3.05, 3.63) is 53.8 Å². The number of aliphatic hydroxyl groups is 1. The van der Waals surface area contributed by atoms with Crippen LogP contribution in [-0.2, 0) is 6.54 Å². The maximum Gasteiger partial charge on any atom is 0.408 e. The molecular weight excluding hydrogens is 520 g/mol. The number of nitrogens with one attached hydrogen (secondary N) is 2. The van der Waals surface area contributed by atoms with E-state index in [0.717, 1.165) is 12.4 Å². The van der Waals surface area contributed by atoms with Crippen LogP contribution in [0.3, 0.4) is 0 Å². The van der Waals surface area contributed by atoms with E-state index < -0.39 is 36.9 Å².